The lowest BCUT2D eigenvalue weighted by Gasteiger charge is -2.14. The zero-order valence-corrected chi connectivity index (χ0v) is 15.6. The molecule has 2 aromatic rings. The molecule has 2 rings (SSSR count). The van der Waals surface area contributed by atoms with E-state index in [1.165, 1.54) is 44.5 Å². The first kappa shape index (κ1) is 19.6. The van der Waals surface area contributed by atoms with Crippen molar-refractivity contribution in [1.29, 1.82) is 0 Å². The second-order valence-electron chi connectivity index (χ2n) is 4.76. The Morgan fingerprint density at radius 1 is 1.16 bits per heavy atom. The van der Waals surface area contributed by atoms with Gasteiger partial charge in [-0.15, -0.1) is 0 Å². The van der Waals surface area contributed by atoms with Crippen LogP contribution in [-0.4, -0.2) is 38.0 Å². The molecule has 7 nitrogen and oxygen atoms in total. The van der Waals surface area contributed by atoms with Crippen LogP contribution in [0.2, 0.25) is 10.2 Å². The topological polar surface area (TPSA) is 85.8 Å². The lowest BCUT2D eigenvalue weighted by atomic mass is 10.2. The minimum atomic E-state index is -3.78. The maximum atomic E-state index is 12.1. The number of hydrogen-bond donors (Lipinski definition) is 0. The van der Waals surface area contributed by atoms with Gasteiger partial charge in [0.05, 0.1) is 28.3 Å². The molecule has 0 amide bonds. The number of hydroxylamine groups is 1. The van der Waals surface area contributed by atoms with E-state index < -0.39 is 16.0 Å². The van der Waals surface area contributed by atoms with Crippen LogP contribution in [-0.2, 0) is 26.2 Å². The molecule has 25 heavy (non-hydrogen) atoms. The first-order chi connectivity index (χ1) is 11.8. The van der Waals surface area contributed by atoms with Crippen molar-refractivity contribution in [2.24, 2.45) is 0 Å². The van der Waals surface area contributed by atoms with Crippen molar-refractivity contribution in [2.45, 2.75) is 11.5 Å². The number of rotatable bonds is 6. The number of pyridine rings is 1. The van der Waals surface area contributed by atoms with E-state index in [2.05, 4.69) is 9.82 Å². The second-order valence-corrected chi connectivity index (χ2v) is 7.49. The standard InChI is InChI=1S/C15H14Cl2N2O5S/c1-19(23-2)25(21,22)11-5-3-10(4-6-11)15(20)24-9-13-12(16)7-8-14(17)18-13/h3-8H,9H2,1-2H3. The molecular weight excluding hydrogens is 391 g/mol. The number of benzene rings is 1. The zero-order chi connectivity index (χ0) is 18.6. The Morgan fingerprint density at radius 2 is 1.80 bits per heavy atom. The van der Waals surface area contributed by atoms with Crippen molar-refractivity contribution >= 4 is 39.2 Å². The van der Waals surface area contributed by atoms with Gasteiger partial charge in [0, 0.05) is 7.05 Å². The summed E-state index contributed by atoms with van der Waals surface area (Å²) in [5, 5.41) is 0.550. The van der Waals surface area contributed by atoms with Crippen molar-refractivity contribution in [2.75, 3.05) is 14.2 Å². The number of sulfonamides is 1. The third-order valence-corrected chi connectivity index (χ3v) is 5.46. The van der Waals surface area contributed by atoms with Gasteiger partial charge in [0.2, 0.25) is 0 Å². The highest BCUT2D eigenvalue weighted by molar-refractivity contribution is 7.89. The predicted molar refractivity (Wildman–Crippen MR) is 91.8 cm³/mol. The number of ether oxygens (including phenoxy) is 1. The van der Waals surface area contributed by atoms with Gasteiger partial charge in [-0.1, -0.05) is 27.7 Å². The summed E-state index contributed by atoms with van der Waals surface area (Å²) < 4.78 is 30.0. The lowest BCUT2D eigenvalue weighted by molar-refractivity contribution is -0.0258. The van der Waals surface area contributed by atoms with Crippen LogP contribution in [0.25, 0.3) is 0 Å². The maximum absolute atomic E-state index is 12.1. The van der Waals surface area contributed by atoms with Gasteiger partial charge in [-0.25, -0.2) is 18.2 Å². The Morgan fingerprint density at radius 3 is 2.40 bits per heavy atom. The summed E-state index contributed by atoms with van der Waals surface area (Å²) in [6.07, 6.45) is 0. The summed E-state index contributed by atoms with van der Waals surface area (Å²) in [6.45, 7) is -0.162. The third-order valence-electron chi connectivity index (χ3n) is 3.21. The van der Waals surface area contributed by atoms with Crippen LogP contribution in [0.15, 0.2) is 41.3 Å². The average Bonchev–Trinajstić information content (AvgIpc) is 2.61. The van der Waals surface area contributed by atoms with E-state index in [0.29, 0.717) is 15.2 Å². The molecule has 0 atom stereocenters. The number of aromatic nitrogens is 1. The fourth-order valence-corrected chi connectivity index (χ4v) is 3.08. The van der Waals surface area contributed by atoms with Crippen LogP contribution in [0, 0.1) is 0 Å². The average molecular weight is 405 g/mol. The molecule has 0 saturated carbocycles. The fraction of sp³-hybridized carbons (Fsp3) is 0.200. The summed E-state index contributed by atoms with van der Waals surface area (Å²) in [5.74, 6) is -0.651. The zero-order valence-electron chi connectivity index (χ0n) is 13.3. The van der Waals surface area contributed by atoms with Gasteiger partial charge in [0.25, 0.3) is 10.0 Å². The molecule has 134 valence electrons. The van der Waals surface area contributed by atoms with E-state index in [1.807, 2.05) is 0 Å². The SMILES string of the molecule is CON(C)S(=O)(=O)c1ccc(C(=O)OCc2nc(Cl)ccc2Cl)cc1. The van der Waals surface area contributed by atoms with Crippen molar-refractivity contribution in [3.05, 3.63) is 57.8 Å². The number of carbonyl (C=O) groups is 1. The second kappa shape index (κ2) is 8.11. The van der Waals surface area contributed by atoms with Crippen LogP contribution in [0.3, 0.4) is 0 Å². The molecule has 1 aromatic carbocycles. The van der Waals surface area contributed by atoms with Gasteiger partial charge in [0.1, 0.15) is 11.8 Å². The highest BCUT2D eigenvalue weighted by Gasteiger charge is 2.21. The Hall–Kier alpha value is -1.71. The van der Waals surface area contributed by atoms with Crippen LogP contribution < -0.4 is 0 Å². The molecule has 0 bridgehead atoms. The number of nitrogens with zero attached hydrogens (tertiary/aromatic N) is 2. The molecule has 0 fully saturated rings. The summed E-state index contributed by atoms with van der Waals surface area (Å²) in [4.78, 5) is 20.7. The first-order valence-electron chi connectivity index (χ1n) is 6.87. The fourth-order valence-electron chi connectivity index (χ4n) is 1.79. The number of carbonyl (C=O) groups excluding carboxylic acids is 1. The summed E-state index contributed by atoms with van der Waals surface area (Å²) in [7, 11) is -1.28. The van der Waals surface area contributed by atoms with E-state index in [-0.39, 0.29) is 22.2 Å². The minimum Gasteiger partial charge on any atom is -0.456 e. The highest BCUT2D eigenvalue weighted by Crippen LogP contribution is 2.19. The molecule has 0 radical (unpaired) electrons. The molecule has 0 spiro atoms. The Balaban J connectivity index is 2.09. The van der Waals surface area contributed by atoms with Gasteiger partial charge in [-0.2, -0.15) is 0 Å². The smallest absolute Gasteiger partial charge is 0.338 e. The largest absolute Gasteiger partial charge is 0.456 e. The lowest BCUT2D eigenvalue weighted by Crippen LogP contribution is -2.25. The van der Waals surface area contributed by atoms with Gasteiger partial charge in [0.15, 0.2) is 0 Å². The van der Waals surface area contributed by atoms with Crippen molar-refractivity contribution < 1.29 is 22.8 Å². The molecule has 0 unspecified atom stereocenters. The van der Waals surface area contributed by atoms with E-state index >= 15 is 0 Å². The van der Waals surface area contributed by atoms with E-state index in [4.69, 9.17) is 27.9 Å². The predicted octanol–water partition coefficient (Wildman–Crippen LogP) is 2.93. The third kappa shape index (κ3) is 4.68. The van der Waals surface area contributed by atoms with Crippen LogP contribution in [0.5, 0.6) is 0 Å². The van der Waals surface area contributed by atoms with Crippen molar-refractivity contribution in [3.8, 4) is 0 Å². The highest BCUT2D eigenvalue weighted by atomic mass is 35.5. The Labute approximate surface area is 155 Å². The minimum absolute atomic E-state index is 0.0204. The van der Waals surface area contributed by atoms with Gasteiger partial charge < -0.3 is 4.74 Å². The molecule has 0 saturated heterocycles. The number of halogens is 2. The van der Waals surface area contributed by atoms with Crippen LogP contribution in [0.1, 0.15) is 16.1 Å². The number of esters is 1. The first-order valence-corrected chi connectivity index (χ1v) is 9.06. The summed E-state index contributed by atoms with van der Waals surface area (Å²) >= 11 is 11.7. The Kier molecular flexibility index (Phi) is 6.36. The quantitative estimate of drug-likeness (QED) is 0.417. The van der Waals surface area contributed by atoms with Crippen LogP contribution in [0.4, 0.5) is 0 Å². The maximum Gasteiger partial charge on any atom is 0.338 e. The molecule has 0 N–H and O–H groups in total. The van der Waals surface area contributed by atoms with E-state index in [9.17, 15) is 13.2 Å². The molecule has 0 aliphatic carbocycles. The normalized spacial score (nSPS) is 11.6. The monoisotopic (exact) mass is 404 g/mol. The van der Waals surface area contributed by atoms with Crippen LogP contribution >= 0.6 is 23.2 Å². The molecule has 1 aromatic heterocycles. The molecular formula is C15H14Cl2N2O5S. The molecule has 0 aliphatic heterocycles. The molecule has 1 heterocycles. The molecule has 0 aliphatic rings. The van der Waals surface area contributed by atoms with Crippen molar-refractivity contribution in [1.82, 2.24) is 9.45 Å². The number of hydrogen-bond acceptors (Lipinski definition) is 6. The van der Waals surface area contributed by atoms with E-state index in [1.54, 1.807) is 6.07 Å². The van der Waals surface area contributed by atoms with Gasteiger partial charge >= 0.3 is 5.97 Å². The van der Waals surface area contributed by atoms with Gasteiger partial charge in [-0.3, -0.25) is 4.84 Å². The van der Waals surface area contributed by atoms with E-state index in [0.717, 1.165) is 0 Å². The Bertz CT molecular complexity index is 872. The van der Waals surface area contributed by atoms with Gasteiger partial charge in [-0.05, 0) is 36.4 Å². The van der Waals surface area contributed by atoms with Crippen molar-refractivity contribution in [3.63, 3.8) is 0 Å². The summed E-state index contributed by atoms with van der Waals surface area (Å²) in [5.41, 5.74) is 0.501. The summed E-state index contributed by atoms with van der Waals surface area (Å²) in [6, 6.07) is 8.31. The molecule has 10 heteroatoms.